The number of rotatable bonds is 3. The van der Waals surface area contributed by atoms with Gasteiger partial charge in [0.25, 0.3) is 0 Å². The molecule has 0 N–H and O–H groups in total. The maximum absolute atomic E-state index is 13.0. The fourth-order valence-corrected chi connectivity index (χ4v) is 4.82. The summed E-state index contributed by atoms with van der Waals surface area (Å²) in [6.45, 7) is 3.27. The van der Waals surface area contributed by atoms with Crippen LogP contribution in [0.2, 0.25) is 0 Å². The predicted molar refractivity (Wildman–Crippen MR) is 79.0 cm³/mol. The first-order valence-corrected chi connectivity index (χ1v) is 9.01. The lowest BCUT2D eigenvalue weighted by Gasteiger charge is -2.36. The summed E-state index contributed by atoms with van der Waals surface area (Å²) in [4.78, 5) is 2.60. The number of halogens is 1. The van der Waals surface area contributed by atoms with Crippen molar-refractivity contribution in [1.82, 2.24) is 9.21 Å². The lowest BCUT2D eigenvalue weighted by molar-refractivity contribution is 0.162. The lowest BCUT2D eigenvalue weighted by Crippen LogP contribution is -2.48. The van der Waals surface area contributed by atoms with Crippen LogP contribution in [-0.2, 0) is 10.0 Å². The molecule has 4 nitrogen and oxygen atoms in total. The quantitative estimate of drug-likeness (QED) is 0.858. The van der Waals surface area contributed by atoms with Crippen LogP contribution in [0.1, 0.15) is 25.7 Å². The topological polar surface area (TPSA) is 40.6 Å². The maximum atomic E-state index is 13.0. The Balaban J connectivity index is 1.76. The molecule has 2 fully saturated rings. The molecule has 6 heteroatoms. The number of nitrogens with zero attached hydrogens (tertiary/aromatic N) is 2. The molecule has 0 aliphatic carbocycles. The van der Waals surface area contributed by atoms with E-state index in [4.69, 9.17) is 0 Å². The summed E-state index contributed by atoms with van der Waals surface area (Å²) >= 11 is 0. The number of hydrogen-bond acceptors (Lipinski definition) is 3. The molecule has 0 aromatic heterocycles. The summed E-state index contributed by atoms with van der Waals surface area (Å²) in [6.07, 6.45) is 4.37. The van der Waals surface area contributed by atoms with Crippen molar-refractivity contribution in [1.29, 1.82) is 0 Å². The van der Waals surface area contributed by atoms with Crippen molar-refractivity contribution in [2.24, 2.45) is 0 Å². The molecule has 2 aliphatic rings. The first-order chi connectivity index (χ1) is 10.1. The smallest absolute Gasteiger partial charge is 0.243 e. The second-order valence-electron chi connectivity index (χ2n) is 5.86. The Bertz CT molecular complexity index is 582. The number of benzene rings is 1. The number of piperidine rings is 1. The summed E-state index contributed by atoms with van der Waals surface area (Å²) in [5.41, 5.74) is 0. The molecule has 2 heterocycles. The third-order valence-corrected chi connectivity index (χ3v) is 6.35. The average Bonchev–Trinajstić information content (AvgIpc) is 3.02. The molecular formula is C15H21FN2O2S. The molecule has 0 spiro atoms. The van der Waals surface area contributed by atoms with Gasteiger partial charge in [-0.3, -0.25) is 4.90 Å². The van der Waals surface area contributed by atoms with E-state index in [1.807, 2.05) is 0 Å². The molecule has 1 atom stereocenters. The highest BCUT2D eigenvalue weighted by molar-refractivity contribution is 7.89. The van der Waals surface area contributed by atoms with Crippen molar-refractivity contribution in [3.63, 3.8) is 0 Å². The van der Waals surface area contributed by atoms with Crippen LogP contribution in [0.4, 0.5) is 4.39 Å². The van der Waals surface area contributed by atoms with Crippen LogP contribution in [0.5, 0.6) is 0 Å². The van der Waals surface area contributed by atoms with Crippen LogP contribution < -0.4 is 0 Å². The molecule has 0 amide bonds. The monoisotopic (exact) mass is 312 g/mol. The van der Waals surface area contributed by atoms with Crippen LogP contribution in [0.3, 0.4) is 0 Å². The minimum Gasteiger partial charge on any atom is -0.299 e. The highest BCUT2D eigenvalue weighted by atomic mass is 32.2. The molecule has 1 aromatic rings. The van der Waals surface area contributed by atoms with Gasteiger partial charge in [0, 0.05) is 19.1 Å². The van der Waals surface area contributed by atoms with Gasteiger partial charge in [-0.25, -0.2) is 12.8 Å². The third kappa shape index (κ3) is 3.12. The summed E-state index contributed by atoms with van der Waals surface area (Å²) in [5.74, 6) is -0.414. The third-order valence-electron chi connectivity index (χ3n) is 4.47. The number of sulfonamides is 1. The Morgan fingerprint density at radius 1 is 1.00 bits per heavy atom. The van der Waals surface area contributed by atoms with E-state index in [-0.39, 0.29) is 4.90 Å². The Kier molecular flexibility index (Phi) is 4.28. The van der Waals surface area contributed by atoms with Gasteiger partial charge in [0.1, 0.15) is 5.82 Å². The molecule has 21 heavy (non-hydrogen) atoms. The highest BCUT2D eigenvalue weighted by Crippen LogP contribution is 2.25. The van der Waals surface area contributed by atoms with E-state index in [9.17, 15) is 12.8 Å². The molecule has 2 aliphatic heterocycles. The SMILES string of the molecule is O=S(=O)(c1ccc(F)cc1)N1CCCC(N2CCCC2)C1. The molecule has 0 saturated carbocycles. The maximum Gasteiger partial charge on any atom is 0.243 e. The van der Waals surface area contributed by atoms with Crippen molar-refractivity contribution < 1.29 is 12.8 Å². The zero-order valence-corrected chi connectivity index (χ0v) is 12.9. The van der Waals surface area contributed by atoms with E-state index < -0.39 is 15.8 Å². The number of likely N-dealkylation sites (tertiary alicyclic amines) is 1. The largest absolute Gasteiger partial charge is 0.299 e. The van der Waals surface area contributed by atoms with Gasteiger partial charge in [-0.15, -0.1) is 0 Å². The molecule has 3 rings (SSSR count). The molecule has 116 valence electrons. The zero-order valence-electron chi connectivity index (χ0n) is 12.0. The molecule has 1 unspecified atom stereocenters. The minimum absolute atomic E-state index is 0.186. The Morgan fingerprint density at radius 2 is 1.67 bits per heavy atom. The van der Waals surface area contributed by atoms with E-state index in [2.05, 4.69) is 4.90 Å². The number of hydrogen-bond donors (Lipinski definition) is 0. The first-order valence-electron chi connectivity index (χ1n) is 7.57. The van der Waals surface area contributed by atoms with E-state index in [0.717, 1.165) is 25.9 Å². The first kappa shape index (κ1) is 14.9. The summed E-state index contributed by atoms with van der Waals surface area (Å²) in [6, 6.07) is 5.44. The van der Waals surface area contributed by atoms with E-state index in [1.54, 1.807) is 4.31 Å². The van der Waals surface area contributed by atoms with E-state index in [0.29, 0.717) is 19.1 Å². The zero-order chi connectivity index (χ0) is 14.9. The van der Waals surface area contributed by atoms with E-state index in [1.165, 1.54) is 37.1 Å². The van der Waals surface area contributed by atoms with Crippen molar-refractivity contribution in [3.05, 3.63) is 30.1 Å². The van der Waals surface area contributed by atoms with Crippen LogP contribution >= 0.6 is 0 Å². The summed E-state index contributed by atoms with van der Waals surface area (Å²) < 4.78 is 39.8. The lowest BCUT2D eigenvalue weighted by atomic mass is 10.1. The Morgan fingerprint density at radius 3 is 2.33 bits per heavy atom. The second-order valence-corrected chi connectivity index (χ2v) is 7.79. The van der Waals surface area contributed by atoms with Gasteiger partial charge in [0.2, 0.25) is 10.0 Å². The normalized spacial score (nSPS) is 25.3. The average molecular weight is 312 g/mol. The predicted octanol–water partition coefficient (Wildman–Crippen LogP) is 2.07. The summed E-state index contributed by atoms with van der Waals surface area (Å²) in [5, 5.41) is 0. The van der Waals surface area contributed by atoms with Crippen LogP contribution in [0, 0.1) is 5.82 Å². The van der Waals surface area contributed by atoms with E-state index >= 15 is 0 Å². The highest BCUT2D eigenvalue weighted by Gasteiger charge is 2.33. The van der Waals surface area contributed by atoms with Crippen molar-refractivity contribution in [2.75, 3.05) is 26.2 Å². The van der Waals surface area contributed by atoms with Gasteiger partial charge in [-0.1, -0.05) is 0 Å². The van der Waals surface area contributed by atoms with Crippen LogP contribution in [0.15, 0.2) is 29.2 Å². The van der Waals surface area contributed by atoms with Crippen LogP contribution in [0.25, 0.3) is 0 Å². The van der Waals surface area contributed by atoms with Gasteiger partial charge < -0.3 is 0 Å². The van der Waals surface area contributed by atoms with Gasteiger partial charge in [0.15, 0.2) is 0 Å². The van der Waals surface area contributed by atoms with Gasteiger partial charge in [-0.05, 0) is 63.0 Å². The fourth-order valence-electron chi connectivity index (χ4n) is 3.30. The Hall–Kier alpha value is -0.980. The Labute approximate surface area is 125 Å². The van der Waals surface area contributed by atoms with Gasteiger partial charge in [0.05, 0.1) is 4.90 Å². The standard InChI is InChI=1S/C15H21FN2O2S/c16-13-5-7-15(8-6-13)21(19,20)18-11-3-4-14(12-18)17-9-1-2-10-17/h5-8,14H,1-4,9-12H2. The molecule has 2 saturated heterocycles. The van der Waals surface area contributed by atoms with Crippen molar-refractivity contribution >= 4 is 10.0 Å². The van der Waals surface area contributed by atoms with Gasteiger partial charge >= 0.3 is 0 Å². The molecule has 0 bridgehead atoms. The fraction of sp³-hybridized carbons (Fsp3) is 0.600. The molecule has 0 radical (unpaired) electrons. The summed E-state index contributed by atoms with van der Waals surface area (Å²) in [7, 11) is -3.50. The van der Waals surface area contributed by atoms with Crippen LogP contribution in [-0.4, -0.2) is 49.8 Å². The minimum atomic E-state index is -3.50. The van der Waals surface area contributed by atoms with Gasteiger partial charge in [-0.2, -0.15) is 4.31 Å². The molecule has 1 aromatic carbocycles. The molecular weight excluding hydrogens is 291 g/mol. The second kappa shape index (κ2) is 6.02. The van der Waals surface area contributed by atoms with Crippen molar-refractivity contribution in [3.8, 4) is 0 Å². The van der Waals surface area contributed by atoms with Crippen molar-refractivity contribution in [2.45, 2.75) is 36.6 Å².